The third-order valence-electron chi connectivity index (χ3n) is 2.94. The van der Waals surface area contributed by atoms with Crippen molar-refractivity contribution in [1.82, 2.24) is 10.3 Å². The Hall–Kier alpha value is -2.50. The second-order valence-electron chi connectivity index (χ2n) is 4.45. The summed E-state index contributed by atoms with van der Waals surface area (Å²) in [5.74, 6) is -0.786. The van der Waals surface area contributed by atoms with Crippen molar-refractivity contribution in [3.8, 4) is 0 Å². The summed E-state index contributed by atoms with van der Waals surface area (Å²) in [7, 11) is 0. The van der Waals surface area contributed by atoms with Crippen LogP contribution in [0.25, 0.3) is 10.9 Å². The number of fused-ring (bicyclic) bond motifs is 1. The SMILES string of the molecule is CCOC(=O)C(C)NC(=O)c1c[nH]c2cc(N)ccc12. The highest BCUT2D eigenvalue weighted by Gasteiger charge is 2.19. The monoisotopic (exact) mass is 275 g/mol. The second-order valence-corrected chi connectivity index (χ2v) is 4.45. The van der Waals surface area contributed by atoms with E-state index in [1.54, 1.807) is 38.2 Å². The molecule has 0 radical (unpaired) electrons. The fourth-order valence-corrected chi connectivity index (χ4v) is 1.93. The van der Waals surface area contributed by atoms with Gasteiger partial charge >= 0.3 is 5.97 Å². The maximum atomic E-state index is 12.2. The molecule has 6 nitrogen and oxygen atoms in total. The molecule has 0 bridgehead atoms. The van der Waals surface area contributed by atoms with Gasteiger partial charge in [-0.3, -0.25) is 4.79 Å². The quantitative estimate of drug-likeness (QED) is 0.581. The third-order valence-corrected chi connectivity index (χ3v) is 2.94. The fourth-order valence-electron chi connectivity index (χ4n) is 1.93. The first-order valence-electron chi connectivity index (χ1n) is 6.37. The normalized spacial score (nSPS) is 12.1. The van der Waals surface area contributed by atoms with Crippen LogP contribution in [0.3, 0.4) is 0 Å². The smallest absolute Gasteiger partial charge is 0.328 e. The molecule has 2 aromatic rings. The molecule has 1 atom stereocenters. The van der Waals surface area contributed by atoms with Crippen LogP contribution < -0.4 is 11.1 Å². The molecule has 1 heterocycles. The van der Waals surface area contributed by atoms with E-state index in [-0.39, 0.29) is 12.5 Å². The number of hydrogen-bond acceptors (Lipinski definition) is 4. The number of nitrogens with two attached hydrogens (primary N) is 1. The van der Waals surface area contributed by atoms with Gasteiger partial charge in [0.1, 0.15) is 6.04 Å². The lowest BCUT2D eigenvalue weighted by Gasteiger charge is -2.12. The van der Waals surface area contributed by atoms with Gasteiger partial charge in [0.05, 0.1) is 12.2 Å². The van der Waals surface area contributed by atoms with Crippen molar-refractivity contribution >= 4 is 28.5 Å². The van der Waals surface area contributed by atoms with E-state index in [4.69, 9.17) is 10.5 Å². The van der Waals surface area contributed by atoms with Crippen LogP contribution in [0.2, 0.25) is 0 Å². The molecule has 0 spiro atoms. The minimum atomic E-state index is -0.693. The Morgan fingerprint density at radius 3 is 2.90 bits per heavy atom. The van der Waals surface area contributed by atoms with E-state index in [1.807, 2.05) is 0 Å². The number of nitrogen functional groups attached to an aromatic ring is 1. The lowest BCUT2D eigenvalue weighted by atomic mass is 10.1. The van der Waals surface area contributed by atoms with E-state index in [9.17, 15) is 9.59 Å². The number of esters is 1. The van der Waals surface area contributed by atoms with Crippen LogP contribution in [0, 0.1) is 0 Å². The van der Waals surface area contributed by atoms with Crippen molar-refractivity contribution in [1.29, 1.82) is 0 Å². The number of carbonyl (C=O) groups excluding carboxylic acids is 2. The Morgan fingerprint density at radius 1 is 1.45 bits per heavy atom. The number of carbonyl (C=O) groups is 2. The van der Waals surface area contributed by atoms with Gasteiger partial charge in [0, 0.05) is 22.8 Å². The average Bonchev–Trinajstić information content (AvgIpc) is 2.81. The topological polar surface area (TPSA) is 97.2 Å². The van der Waals surface area contributed by atoms with E-state index in [1.165, 1.54) is 0 Å². The van der Waals surface area contributed by atoms with E-state index < -0.39 is 12.0 Å². The molecule has 1 aromatic heterocycles. The molecule has 1 amide bonds. The van der Waals surface area contributed by atoms with Crippen LogP contribution in [0.4, 0.5) is 5.69 Å². The number of hydrogen-bond donors (Lipinski definition) is 3. The molecule has 0 saturated carbocycles. The highest BCUT2D eigenvalue weighted by Crippen LogP contribution is 2.20. The van der Waals surface area contributed by atoms with Gasteiger partial charge in [0.2, 0.25) is 0 Å². The zero-order valence-electron chi connectivity index (χ0n) is 11.4. The molecule has 1 aromatic carbocycles. The predicted octanol–water partition coefficient (Wildman–Crippen LogP) is 1.43. The van der Waals surface area contributed by atoms with Crippen molar-refractivity contribution in [3.63, 3.8) is 0 Å². The summed E-state index contributed by atoms with van der Waals surface area (Å²) >= 11 is 0. The predicted molar refractivity (Wildman–Crippen MR) is 76.3 cm³/mol. The molecule has 1 unspecified atom stereocenters. The van der Waals surface area contributed by atoms with Gasteiger partial charge in [-0.1, -0.05) is 0 Å². The van der Waals surface area contributed by atoms with Crippen molar-refractivity contribution < 1.29 is 14.3 Å². The molecule has 6 heteroatoms. The minimum absolute atomic E-state index is 0.283. The molecule has 0 saturated heterocycles. The summed E-state index contributed by atoms with van der Waals surface area (Å²) in [6.45, 7) is 3.59. The van der Waals surface area contributed by atoms with E-state index in [0.29, 0.717) is 11.3 Å². The van der Waals surface area contributed by atoms with Gasteiger partial charge in [-0.05, 0) is 32.0 Å². The lowest BCUT2D eigenvalue weighted by Crippen LogP contribution is -2.39. The second kappa shape index (κ2) is 5.64. The average molecular weight is 275 g/mol. The Morgan fingerprint density at radius 2 is 2.20 bits per heavy atom. The molecular formula is C14H17N3O3. The minimum Gasteiger partial charge on any atom is -0.464 e. The van der Waals surface area contributed by atoms with Gasteiger partial charge in [-0.2, -0.15) is 0 Å². The van der Waals surface area contributed by atoms with Gasteiger partial charge in [-0.15, -0.1) is 0 Å². The highest BCUT2D eigenvalue weighted by molar-refractivity contribution is 6.08. The number of benzene rings is 1. The Balaban J connectivity index is 2.17. The Kier molecular flexibility index (Phi) is 3.93. The van der Waals surface area contributed by atoms with Crippen LogP contribution in [-0.4, -0.2) is 29.5 Å². The van der Waals surface area contributed by atoms with E-state index in [0.717, 1.165) is 10.9 Å². The van der Waals surface area contributed by atoms with Crippen LogP contribution in [0.5, 0.6) is 0 Å². The van der Waals surface area contributed by atoms with Gasteiger partial charge in [0.15, 0.2) is 0 Å². The maximum Gasteiger partial charge on any atom is 0.328 e. The Bertz CT molecular complexity index is 648. The number of H-pyrrole nitrogens is 1. The number of amides is 1. The highest BCUT2D eigenvalue weighted by atomic mass is 16.5. The van der Waals surface area contributed by atoms with Crippen LogP contribution in [-0.2, 0) is 9.53 Å². The van der Waals surface area contributed by atoms with E-state index >= 15 is 0 Å². The Labute approximate surface area is 116 Å². The zero-order chi connectivity index (χ0) is 14.7. The molecule has 0 fully saturated rings. The van der Waals surface area contributed by atoms with Gasteiger partial charge in [-0.25, -0.2) is 4.79 Å². The van der Waals surface area contributed by atoms with Gasteiger partial charge < -0.3 is 20.8 Å². The number of aromatic amines is 1. The standard InChI is InChI=1S/C14H17N3O3/c1-3-20-14(19)8(2)17-13(18)11-7-16-12-6-9(15)4-5-10(11)12/h4-8,16H,3,15H2,1-2H3,(H,17,18). The van der Waals surface area contributed by atoms with Crippen molar-refractivity contribution in [2.24, 2.45) is 0 Å². The van der Waals surface area contributed by atoms with Crippen molar-refractivity contribution in [2.45, 2.75) is 19.9 Å². The summed E-state index contributed by atoms with van der Waals surface area (Å²) in [6.07, 6.45) is 1.59. The molecule has 2 rings (SSSR count). The number of aromatic nitrogens is 1. The molecule has 106 valence electrons. The number of rotatable bonds is 4. The van der Waals surface area contributed by atoms with Crippen molar-refractivity contribution in [3.05, 3.63) is 30.0 Å². The van der Waals surface area contributed by atoms with Crippen LogP contribution >= 0.6 is 0 Å². The lowest BCUT2D eigenvalue weighted by molar-refractivity contribution is -0.144. The third kappa shape index (κ3) is 2.74. The number of ether oxygens (including phenoxy) is 1. The number of nitrogens with one attached hydrogen (secondary N) is 2. The summed E-state index contributed by atoms with van der Waals surface area (Å²) in [5, 5.41) is 3.37. The molecule has 4 N–H and O–H groups in total. The number of anilines is 1. The van der Waals surface area contributed by atoms with E-state index in [2.05, 4.69) is 10.3 Å². The van der Waals surface area contributed by atoms with Crippen LogP contribution in [0.1, 0.15) is 24.2 Å². The fraction of sp³-hybridized carbons (Fsp3) is 0.286. The van der Waals surface area contributed by atoms with Crippen LogP contribution in [0.15, 0.2) is 24.4 Å². The summed E-state index contributed by atoms with van der Waals surface area (Å²) in [4.78, 5) is 26.6. The molecule has 20 heavy (non-hydrogen) atoms. The maximum absolute atomic E-state index is 12.2. The molecule has 0 aliphatic carbocycles. The largest absolute Gasteiger partial charge is 0.464 e. The molecule has 0 aliphatic heterocycles. The molecule has 0 aliphatic rings. The summed E-state index contributed by atoms with van der Waals surface area (Å²) < 4.78 is 4.85. The molecular weight excluding hydrogens is 258 g/mol. The van der Waals surface area contributed by atoms with Crippen molar-refractivity contribution in [2.75, 3.05) is 12.3 Å². The van der Waals surface area contributed by atoms with Gasteiger partial charge in [0.25, 0.3) is 5.91 Å². The first-order valence-corrected chi connectivity index (χ1v) is 6.37. The first-order chi connectivity index (χ1) is 9.52. The first kappa shape index (κ1) is 13.9. The zero-order valence-corrected chi connectivity index (χ0v) is 11.4. The summed E-state index contributed by atoms with van der Waals surface area (Å²) in [5.41, 5.74) is 7.54. The summed E-state index contributed by atoms with van der Waals surface area (Å²) in [6, 6.07) is 4.55.